The van der Waals surface area contributed by atoms with Gasteiger partial charge in [0.1, 0.15) is 5.76 Å². The Morgan fingerprint density at radius 1 is 1.43 bits per heavy atom. The molecule has 23 heavy (non-hydrogen) atoms. The normalized spacial score (nSPS) is 28.9. The average Bonchev–Trinajstić information content (AvgIpc) is 3.17. The highest BCUT2D eigenvalue weighted by molar-refractivity contribution is 5.92. The first-order valence-electron chi connectivity index (χ1n) is 8.45. The summed E-state index contributed by atoms with van der Waals surface area (Å²) in [5.41, 5.74) is 0.287. The molecule has 7 nitrogen and oxygen atoms in total. The first-order valence-corrected chi connectivity index (χ1v) is 8.45. The van der Waals surface area contributed by atoms with Crippen molar-refractivity contribution < 1.29 is 19.2 Å². The Labute approximate surface area is 136 Å². The number of aliphatic hydroxyl groups is 1. The minimum absolute atomic E-state index is 0.0946. The minimum atomic E-state index is -0.556. The van der Waals surface area contributed by atoms with Crippen molar-refractivity contribution in [2.45, 2.75) is 50.8 Å². The Kier molecular flexibility index (Phi) is 5.30. The van der Waals surface area contributed by atoms with Crippen LogP contribution in [0, 0.1) is 0 Å². The standard InChI is InChI=1S/C16H25N3O4/c1-2-3-11-10-13(18-23-11)16(21)17-12-4-5-14(15(12)20)19-6-8-22-9-7-19/h10,12,14-15,20H,2-9H2,1H3,(H,17,21)/t12-,14-,15-/m1/s1. The summed E-state index contributed by atoms with van der Waals surface area (Å²) in [6.45, 7) is 5.14. The van der Waals surface area contributed by atoms with Gasteiger partial charge in [0.05, 0.1) is 25.4 Å². The Bertz CT molecular complexity index is 527. The van der Waals surface area contributed by atoms with Crippen molar-refractivity contribution in [3.63, 3.8) is 0 Å². The number of rotatable bonds is 5. The van der Waals surface area contributed by atoms with Gasteiger partial charge in [0.2, 0.25) is 0 Å². The van der Waals surface area contributed by atoms with Crippen LogP contribution in [0.15, 0.2) is 10.6 Å². The van der Waals surface area contributed by atoms with Crippen LogP contribution in [0.5, 0.6) is 0 Å². The lowest BCUT2D eigenvalue weighted by Gasteiger charge is -2.34. The predicted octanol–water partition coefficient (Wildman–Crippen LogP) is 0.581. The van der Waals surface area contributed by atoms with Gasteiger partial charge in [-0.25, -0.2) is 0 Å². The highest BCUT2D eigenvalue weighted by Crippen LogP contribution is 2.26. The van der Waals surface area contributed by atoms with E-state index in [2.05, 4.69) is 15.4 Å². The number of hydrogen-bond acceptors (Lipinski definition) is 6. The Balaban J connectivity index is 1.56. The van der Waals surface area contributed by atoms with Gasteiger partial charge < -0.3 is 19.7 Å². The van der Waals surface area contributed by atoms with Crippen LogP contribution >= 0.6 is 0 Å². The second-order valence-corrected chi connectivity index (χ2v) is 6.29. The monoisotopic (exact) mass is 323 g/mol. The van der Waals surface area contributed by atoms with E-state index >= 15 is 0 Å². The van der Waals surface area contributed by atoms with Gasteiger partial charge in [0.15, 0.2) is 5.69 Å². The van der Waals surface area contributed by atoms with Crippen LogP contribution in [0.3, 0.4) is 0 Å². The highest BCUT2D eigenvalue weighted by Gasteiger charge is 2.39. The highest BCUT2D eigenvalue weighted by atomic mass is 16.5. The molecule has 1 aromatic heterocycles. The summed E-state index contributed by atoms with van der Waals surface area (Å²) in [7, 11) is 0. The second kappa shape index (κ2) is 7.42. The molecule has 0 radical (unpaired) electrons. The van der Waals surface area contributed by atoms with Gasteiger partial charge in [-0.15, -0.1) is 0 Å². The number of aliphatic hydroxyl groups excluding tert-OH is 1. The topological polar surface area (TPSA) is 87.8 Å². The summed E-state index contributed by atoms with van der Waals surface area (Å²) in [5, 5.41) is 17.3. The number of nitrogens with zero attached hydrogens (tertiary/aromatic N) is 2. The molecule has 0 unspecified atom stereocenters. The van der Waals surface area contributed by atoms with Gasteiger partial charge in [0.25, 0.3) is 5.91 Å². The van der Waals surface area contributed by atoms with Crippen LogP contribution < -0.4 is 5.32 Å². The zero-order valence-corrected chi connectivity index (χ0v) is 13.5. The number of carbonyl (C=O) groups excluding carboxylic acids is 1. The van der Waals surface area contributed by atoms with E-state index in [4.69, 9.17) is 9.26 Å². The van der Waals surface area contributed by atoms with Crippen LogP contribution in [0.1, 0.15) is 42.4 Å². The van der Waals surface area contributed by atoms with Gasteiger partial charge in [-0.1, -0.05) is 12.1 Å². The molecule has 0 bridgehead atoms. The maximum atomic E-state index is 12.3. The van der Waals surface area contributed by atoms with Crippen LogP contribution in [0.2, 0.25) is 0 Å². The van der Waals surface area contributed by atoms with E-state index in [-0.39, 0.29) is 23.7 Å². The molecule has 0 spiro atoms. The fourth-order valence-electron chi connectivity index (χ4n) is 3.45. The van der Waals surface area contributed by atoms with Gasteiger partial charge in [-0.2, -0.15) is 0 Å². The molecule has 1 aromatic rings. The molecule has 2 fully saturated rings. The number of amides is 1. The molecular formula is C16H25N3O4. The van der Waals surface area contributed by atoms with Crippen molar-refractivity contribution in [2.75, 3.05) is 26.3 Å². The van der Waals surface area contributed by atoms with E-state index in [1.54, 1.807) is 6.07 Å². The van der Waals surface area contributed by atoms with E-state index in [1.165, 1.54) is 0 Å². The molecule has 128 valence electrons. The third-order valence-electron chi connectivity index (χ3n) is 4.70. The molecule has 1 aliphatic carbocycles. The van der Waals surface area contributed by atoms with Crippen molar-refractivity contribution in [2.24, 2.45) is 0 Å². The molecule has 1 saturated carbocycles. The molecule has 2 N–H and O–H groups in total. The third kappa shape index (κ3) is 3.73. The summed E-state index contributed by atoms with van der Waals surface area (Å²) >= 11 is 0. The Morgan fingerprint density at radius 2 is 2.22 bits per heavy atom. The molecule has 0 aromatic carbocycles. The van der Waals surface area contributed by atoms with E-state index in [1.807, 2.05) is 6.92 Å². The molecule has 3 rings (SSSR count). The van der Waals surface area contributed by atoms with Gasteiger partial charge in [-0.05, 0) is 19.3 Å². The summed E-state index contributed by atoms with van der Waals surface area (Å²) in [6.07, 6.45) is 2.81. The average molecular weight is 323 g/mol. The quantitative estimate of drug-likeness (QED) is 0.824. The van der Waals surface area contributed by atoms with Gasteiger partial charge in [0, 0.05) is 31.6 Å². The zero-order valence-electron chi connectivity index (χ0n) is 13.5. The van der Waals surface area contributed by atoms with Crippen molar-refractivity contribution >= 4 is 5.91 Å². The van der Waals surface area contributed by atoms with E-state index in [0.29, 0.717) is 13.2 Å². The maximum absolute atomic E-state index is 12.3. The fraction of sp³-hybridized carbons (Fsp3) is 0.750. The molecule has 2 aliphatic rings. The molecule has 3 atom stereocenters. The van der Waals surface area contributed by atoms with E-state index < -0.39 is 6.10 Å². The number of aryl methyl sites for hydroxylation is 1. The number of morpholine rings is 1. The SMILES string of the molecule is CCCc1cc(C(=O)N[C@@H]2CC[C@@H](N3CCOCC3)[C@@H]2O)no1. The second-order valence-electron chi connectivity index (χ2n) is 6.29. The number of hydrogen-bond donors (Lipinski definition) is 2. The Hall–Kier alpha value is -1.44. The lowest BCUT2D eigenvalue weighted by atomic mass is 10.1. The fourth-order valence-corrected chi connectivity index (χ4v) is 3.45. The number of carbonyl (C=O) groups is 1. The van der Waals surface area contributed by atoms with Crippen LogP contribution in [0.4, 0.5) is 0 Å². The van der Waals surface area contributed by atoms with Crippen molar-refractivity contribution in [1.82, 2.24) is 15.4 Å². The lowest BCUT2D eigenvalue weighted by molar-refractivity contribution is -0.0154. The molecule has 1 aliphatic heterocycles. The molecule has 1 saturated heterocycles. The smallest absolute Gasteiger partial charge is 0.273 e. The predicted molar refractivity (Wildman–Crippen MR) is 83.2 cm³/mol. The van der Waals surface area contributed by atoms with Gasteiger partial charge in [-0.3, -0.25) is 9.69 Å². The molecular weight excluding hydrogens is 298 g/mol. The first kappa shape index (κ1) is 16.4. The number of nitrogens with one attached hydrogen (secondary N) is 1. The van der Waals surface area contributed by atoms with E-state index in [0.717, 1.165) is 44.5 Å². The maximum Gasteiger partial charge on any atom is 0.273 e. The molecule has 2 heterocycles. The first-order chi connectivity index (χ1) is 11.2. The summed E-state index contributed by atoms with van der Waals surface area (Å²) in [6, 6.07) is 1.54. The number of aromatic nitrogens is 1. The van der Waals surface area contributed by atoms with Gasteiger partial charge >= 0.3 is 0 Å². The third-order valence-corrected chi connectivity index (χ3v) is 4.70. The van der Waals surface area contributed by atoms with Crippen LogP contribution in [0.25, 0.3) is 0 Å². The van der Waals surface area contributed by atoms with Crippen molar-refractivity contribution in [1.29, 1.82) is 0 Å². The molecule has 7 heteroatoms. The largest absolute Gasteiger partial charge is 0.389 e. The van der Waals surface area contributed by atoms with Crippen LogP contribution in [-0.4, -0.2) is 65.6 Å². The van der Waals surface area contributed by atoms with Crippen LogP contribution in [-0.2, 0) is 11.2 Å². The summed E-state index contributed by atoms with van der Waals surface area (Å²) < 4.78 is 10.5. The summed E-state index contributed by atoms with van der Waals surface area (Å²) in [4.78, 5) is 14.5. The number of ether oxygens (including phenoxy) is 1. The lowest BCUT2D eigenvalue weighted by Crippen LogP contribution is -2.51. The molecule has 1 amide bonds. The summed E-state index contributed by atoms with van der Waals surface area (Å²) in [5.74, 6) is 0.443. The van der Waals surface area contributed by atoms with Crippen molar-refractivity contribution in [3.05, 3.63) is 17.5 Å². The van der Waals surface area contributed by atoms with Crippen molar-refractivity contribution in [3.8, 4) is 0 Å². The minimum Gasteiger partial charge on any atom is -0.389 e. The zero-order chi connectivity index (χ0) is 16.2. The van der Waals surface area contributed by atoms with E-state index in [9.17, 15) is 9.90 Å². The Morgan fingerprint density at radius 3 is 2.96 bits per heavy atom.